The van der Waals surface area contributed by atoms with E-state index in [2.05, 4.69) is 0 Å². The molecule has 7 N–H and O–H groups in total. The molecule has 1 saturated heterocycles. The van der Waals surface area contributed by atoms with Gasteiger partial charge in [-0.05, 0) is 0 Å². The summed E-state index contributed by atoms with van der Waals surface area (Å²) in [4.78, 5) is 0. The predicted octanol–water partition coefficient (Wildman–Crippen LogP) is -4.48. The molecule has 1 fully saturated rings. The molecule has 0 bridgehead atoms. The van der Waals surface area contributed by atoms with Crippen LogP contribution in [0.15, 0.2) is 0 Å². The van der Waals surface area contributed by atoms with E-state index in [-0.39, 0.29) is 0 Å². The summed E-state index contributed by atoms with van der Waals surface area (Å²) in [6, 6.07) is 0. The molecule has 9 heteroatoms. The third-order valence-corrected chi connectivity index (χ3v) is 3.04. The van der Waals surface area contributed by atoms with Crippen LogP contribution in [0.25, 0.3) is 0 Å². The number of aliphatic hydroxyl groups is 7. The average molecular weight is 284 g/mol. The quantitative estimate of drug-likeness (QED) is 0.244. The summed E-state index contributed by atoms with van der Waals surface area (Å²) in [5, 5.41) is 64.6. The summed E-state index contributed by atoms with van der Waals surface area (Å²) in [5.74, 6) is -2.00. The van der Waals surface area contributed by atoms with Crippen molar-refractivity contribution in [2.75, 3.05) is 26.4 Å². The molecule has 0 aromatic rings. The Labute approximate surface area is 109 Å². The van der Waals surface area contributed by atoms with Gasteiger partial charge in [0, 0.05) is 0 Å². The van der Waals surface area contributed by atoms with Crippen LogP contribution in [0.2, 0.25) is 0 Å². The Morgan fingerprint density at radius 3 is 2.16 bits per heavy atom. The van der Waals surface area contributed by atoms with E-state index >= 15 is 0 Å². The Hall–Kier alpha value is -0.360. The van der Waals surface area contributed by atoms with Crippen molar-refractivity contribution in [3.63, 3.8) is 0 Å². The zero-order valence-electron chi connectivity index (χ0n) is 10.2. The van der Waals surface area contributed by atoms with Crippen molar-refractivity contribution in [3.8, 4) is 0 Å². The van der Waals surface area contributed by atoms with Gasteiger partial charge in [-0.15, -0.1) is 0 Å². The van der Waals surface area contributed by atoms with E-state index in [0.717, 1.165) is 0 Å². The van der Waals surface area contributed by atoms with E-state index in [4.69, 9.17) is 24.8 Å². The molecular weight excluding hydrogens is 264 g/mol. The number of rotatable bonds is 7. The molecule has 0 amide bonds. The first kappa shape index (κ1) is 16.7. The summed E-state index contributed by atoms with van der Waals surface area (Å²) >= 11 is 0. The second kappa shape index (κ2) is 6.88. The molecule has 114 valence electrons. The minimum atomic E-state index is -2.00. The standard InChI is InChI=1S/C10H20O9/c11-1-5(14)6(15)3-18-10(4-13)9(17)8(16)7(2-12)19-10/h5-9,11-17H,1-4H2/t5-,6+,7+,8+,9-,10+/m0/s1. The fourth-order valence-electron chi connectivity index (χ4n) is 1.76. The average Bonchev–Trinajstić information content (AvgIpc) is 2.68. The Bertz CT molecular complexity index is 276. The van der Waals surface area contributed by atoms with Gasteiger partial charge >= 0.3 is 0 Å². The largest absolute Gasteiger partial charge is 0.394 e. The predicted molar refractivity (Wildman–Crippen MR) is 58.8 cm³/mol. The molecule has 0 aromatic heterocycles. The van der Waals surface area contributed by atoms with E-state index in [1.807, 2.05) is 0 Å². The van der Waals surface area contributed by atoms with E-state index in [0.29, 0.717) is 0 Å². The second-order valence-electron chi connectivity index (χ2n) is 4.37. The first-order chi connectivity index (χ1) is 8.91. The molecule has 1 heterocycles. The van der Waals surface area contributed by atoms with Crippen LogP contribution in [0.4, 0.5) is 0 Å². The second-order valence-corrected chi connectivity index (χ2v) is 4.37. The van der Waals surface area contributed by atoms with Crippen molar-refractivity contribution in [2.24, 2.45) is 0 Å². The van der Waals surface area contributed by atoms with Crippen LogP contribution >= 0.6 is 0 Å². The highest BCUT2D eigenvalue weighted by Gasteiger charge is 2.55. The summed E-state index contributed by atoms with van der Waals surface area (Å²) in [5.41, 5.74) is 0. The van der Waals surface area contributed by atoms with E-state index in [9.17, 15) is 20.4 Å². The molecule has 1 rings (SSSR count). The van der Waals surface area contributed by atoms with Gasteiger partial charge in [0.15, 0.2) is 0 Å². The van der Waals surface area contributed by atoms with E-state index in [1.54, 1.807) is 0 Å². The van der Waals surface area contributed by atoms with Gasteiger partial charge in [0.2, 0.25) is 5.79 Å². The molecule has 0 aliphatic carbocycles. The molecule has 0 radical (unpaired) electrons. The first-order valence-corrected chi connectivity index (χ1v) is 5.78. The highest BCUT2D eigenvalue weighted by Crippen LogP contribution is 2.32. The Morgan fingerprint density at radius 1 is 1.11 bits per heavy atom. The molecule has 6 atom stereocenters. The van der Waals surface area contributed by atoms with E-state index < -0.39 is 62.7 Å². The highest BCUT2D eigenvalue weighted by molar-refractivity contribution is 4.96. The SMILES string of the molecule is OC[C@H](O)[C@H](O)CO[C@]1(CO)O[C@H](CO)[C@@H](O)[C@@H]1O. The van der Waals surface area contributed by atoms with Gasteiger partial charge in [0.05, 0.1) is 19.8 Å². The number of hydrogen-bond donors (Lipinski definition) is 7. The van der Waals surface area contributed by atoms with Gasteiger partial charge in [-0.1, -0.05) is 0 Å². The van der Waals surface area contributed by atoms with Crippen LogP contribution in [0, 0.1) is 0 Å². The zero-order chi connectivity index (χ0) is 14.6. The van der Waals surface area contributed by atoms with Gasteiger partial charge in [0.1, 0.15) is 37.1 Å². The molecule has 0 aromatic carbocycles. The maximum absolute atomic E-state index is 9.75. The van der Waals surface area contributed by atoms with Gasteiger partial charge < -0.3 is 45.2 Å². The molecular formula is C10H20O9. The normalized spacial score (nSPS) is 38.4. The van der Waals surface area contributed by atoms with Gasteiger partial charge in [0.25, 0.3) is 0 Å². The van der Waals surface area contributed by atoms with Crippen LogP contribution in [0.1, 0.15) is 0 Å². The van der Waals surface area contributed by atoms with Crippen LogP contribution in [-0.2, 0) is 9.47 Å². The van der Waals surface area contributed by atoms with Crippen molar-refractivity contribution in [1.82, 2.24) is 0 Å². The van der Waals surface area contributed by atoms with Crippen molar-refractivity contribution in [2.45, 2.75) is 36.3 Å². The van der Waals surface area contributed by atoms with Crippen molar-refractivity contribution < 1.29 is 45.2 Å². The Kier molecular flexibility index (Phi) is 6.05. The lowest BCUT2D eigenvalue weighted by atomic mass is 10.1. The molecule has 19 heavy (non-hydrogen) atoms. The number of ether oxygens (including phenoxy) is 2. The fraction of sp³-hybridized carbons (Fsp3) is 1.00. The molecule has 0 unspecified atom stereocenters. The van der Waals surface area contributed by atoms with Crippen LogP contribution in [0.5, 0.6) is 0 Å². The lowest BCUT2D eigenvalue weighted by Crippen LogP contribution is -2.50. The number of aliphatic hydroxyl groups excluding tert-OH is 7. The van der Waals surface area contributed by atoms with Gasteiger partial charge in [-0.25, -0.2) is 0 Å². The smallest absolute Gasteiger partial charge is 0.221 e. The number of hydrogen-bond acceptors (Lipinski definition) is 9. The van der Waals surface area contributed by atoms with Crippen LogP contribution < -0.4 is 0 Å². The summed E-state index contributed by atoms with van der Waals surface area (Å²) in [7, 11) is 0. The van der Waals surface area contributed by atoms with Crippen molar-refractivity contribution in [3.05, 3.63) is 0 Å². The lowest BCUT2D eigenvalue weighted by Gasteiger charge is -2.31. The summed E-state index contributed by atoms with van der Waals surface area (Å²) in [6.45, 7) is -2.67. The summed E-state index contributed by atoms with van der Waals surface area (Å²) < 4.78 is 10.1. The van der Waals surface area contributed by atoms with Crippen molar-refractivity contribution in [1.29, 1.82) is 0 Å². The minimum absolute atomic E-state index is 0.551. The highest BCUT2D eigenvalue weighted by atomic mass is 16.7. The van der Waals surface area contributed by atoms with Crippen molar-refractivity contribution >= 4 is 0 Å². The Balaban J connectivity index is 2.66. The zero-order valence-corrected chi connectivity index (χ0v) is 10.2. The van der Waals surface area contributed by atoms with Crippen LogP contribution in [0.3, 0.4) is 0 Å². The van der Waals surface area contributed by atoms with Gasteiger partial charge in [-0.3, -0.25) is 0 Å². The van der Waals surface area contributed by atoms with Crippen LogP contribution in [-0.4, -0.2) is 98.5 Å². The fourth-order valence-corrected chi connectivity index (χ4v) is 1.76. The van der Waals surface area contributed by atoms with E-state index in [1.165, 1.54) is 0 Å². The molecule has 0 spiro atoms. The molecule has 1 aliphatic rings. The monoisotopic (exact) mass is 284 g/mol. The first-order valence-electron chi connectivity index (χ1n) is 5.78. The maximum Gasteiger partial charge on any atom is 0.221 e. The topological polar surface area (TPSA) is 160 Å². The molecule has 1 aliphatic heterocycles. The third-order valence-electron chi connectivity index (χ3n) is 3.04. The minimum Gasteiger partial charge on any atom is -0.394 e. The lowest BCUT2D eigenvalue weighted by molar-refractivity contribution is -0.285. The molecule has 9 nitrogen and oxygen atoms in total. The molecule has 0 saturated carbocycles. The van der Waals surface area contributed by atoms with Gasteiger partial charge in [-0.2, -0.15) is 0 Å². The third kappa shape index (κ3) is 3.40. The maximum atomic E-state index is 9.75. The summed E-state index contributed by atoms with van der Waals surface area (Å²) in [6.07, 6.45) is -7.14. The Morgan fingerprint density at radius 2 is 1.74 bits per heavy atom.